The number of fused-ring (bicyclic) bond motifs is 1. The minimum atomic E-state index is -0.190. The van der Waals surface area contributed by atoms with Crippen molar-refractivity contribution in [2.45, 2.75) is 0 Å². The van der Waals surface area contributed by atoms with Gasteiger partial charge in [-0.2, -0.15) is 5.26 Å². The molecule has 0 fully saturated rings. The minimum Gasteiger partial charge on any atom is -0.399 e. The number of benzene rings is 2. The summed E-state index contributed by atoms with van der Waals surface area (Å²) in [5.74, 6) is -0.190. The Morgan fingerprint density at radius 3 is 2.86 bits per heavy atom. The monoisotopic (exact) mass is 293 g/mol. The fourth-order valence-electron chi connectivity index (χ4n) is 2.03. The lowest BCUT2D eigenvalue weighted by molar-refractivity contribution is 0.103. The molecule has 3 rings (SSSR count). The number of nitrogens with one attached hydrogen (secondary N) is 1. The zero-order valence-electron chi connectivity index (χ0n) is 11.0. The second-order valence-electron chi connectivity index (χ2n) is 4.55. The molecule has 0 spiro atoms. The molecule has 1 heterocycles. The predicted octanol–water partition coefficient (Wildman–Crippen LogP) is 3.61. The van der Waals surface area contributed by atoms with Crippen LogP contribution in [0.5, 0.6) is 0 Å². The van der Waals surface area contributed by atoms with Crippen LogP contribution in [-0.4, -0.2) is 5.91 Å². The Morgan fingerprint density at radius 2 is 2.05 bits per heavy atom. The summed E-state index contributed by atoms with van der Waals surface area (Å²) in [7, 11) is 0. The van der Waals surface area contributed by atoms with Gasteiger partial charge < -0.3 is 11.1 Å². The molecule has 3 aromatic rings. The van der Waals surface area contributed by atoms with Crippen molar-refractivity contribution in [3.8, 4) is 6.07 Å². The normalized spacial score (nSPS) is 10.2. The van der Waals surface area contributed by atoms with Crippen LogP contribution in [0, 0.1) is 11.3 Å². The van der Waals surface area contributed by atoms with Crippen LogP contribution in [0.4, 0.5) is 11.4 Å². The van der Waals surface area contributed by atoms with E-state index in [-0.39, 0.29) is 5.91 Å². The molecule has 0 aliphatic carbocycles. The molecule has 21 heavy (non-hydrogen) atoms. The highest BCUT2D eigenvalue weighted by atomic mass is 32.1. The third-order valence-corrected chi connectivity index (χ3v) is 4.13. The largest absolute Gasteiger partial charge is 0.399 e. The van der Waals surface area contributed by atoms with Gasteiger partial charge in [-0.25, -0.2) is 0 Å². The average molecular weight is 293 g/mol. The number of amides is 1. The number of thiophene rings is 1. The fourth-order valence-corrected chi connectivity index (χ4v) is 2.97. The van der Waals surface area contributed by atoms with Crippen LogP contribution in [0.3, 0.4) is 0 Å². The second kappa shape index (κ2) is 5.27. The minimum absolute atomic E-state index is 0.190. The smallest absolute Gasteiger partial charge is 0.265 e. The van der Waals surface area contributed by atoms with E-state index < -0.39 is 0 Å². The van der Waals surface area contributed by atoms with Gasteiger partial charge in [0, 0.05) is 16.1 Å². The molecule has 1 amide bonds. The summed E-state index contributed by atoms with van der Waals surface area (Å²) in [5.41, 5.74) is 7.53. The maximum Gasteiger partial charge on any atom is 0.265 e. The molecular formula is C16H11N3OS. The van der Waals surface area contributed by atoms with Gasteiger partial charge >= 0.3 is 0 Å². The number of hydrogen-bond acceptors (Lipinski definition) is 4. The quantitative estimate of drug-likeness (QED) is 0.708. The highest BCUT2D eigenvalue weighted by molar-refractivity contribution is 7.20. The Morgan fingerprint density at radius 1 is 1.19 bits per heavy atom. The summed E-state index contributed by atoms with van der Waals surface area (Å²) in [6.07, 6.45) is 0. The van der Waals surface area contributed by atoms with Crippen molar-refractivity contribution in [3.05, 3.63) is 59.0 Å². The Labute approximate surface area is 125 Å². The van der Waals surface area contributed by atoms with Crippen LogP contribution in [0.2, 0.25) is 0 Å². The predicted molar refractivity (Wildman–Crippen MR) is 85.3 cm³/mol. The van der Waals surface area contributed by atoms with E-state index >= 15 is 0 Å². The molecule has 0 aliphatic heterocycles. The van der Waals surface area contributed by atoms with Crippen molar-refractivity contribution in [2.24, 2.45) is 0 Å². The number of rotatable bonds is 2. The Balaban J connectivity index is 1.88. The first-order chi connectivity index (χ1) is 10.2. The summed E-state index contributed by atoms with van der Waals surface area (Å²) in [6.45, 7) is 0. The number of nitrogens with two attached hydrogens (primary N) is 1. The number of hydrogen-bond donors (Lipinski definition) is 2. The van der Waals surface area contributed by atoms with E-state index in [0.29, 0.717) is 21.8 Å². The van der Waals surface area contributed by atoms with Gasteiger partial charge in [-0.15, -0.1) is 11.3 Å². The number of carbonyl (C=O) groups excluding carboxylic acids is 1. The number of nitrogen functional groups attached to an aromatic ring is 1. The summed E-state index contributed by atoms with van der Waals surface area (Å²) in [4.78, 5) is 12.9. The lowest BCUT2D eigenvalue weighted by Crippen LogP contribution is -2.09. The Kier molecular flexibility index (Phi) is 3.30. The van der Waals surface area contributed by atoms with Gasteiger partial charge in [0.2, 0.25) is 0 Å². The molecule has 0 bridgehead atoms. The zero-order valence-corrected chi connectivity index (χ0v) is 11.8. The Hall–Kier alpha value is -2.84. The first-order valence-electron chi connectivity index (χ1n) is 6.26. The molecule has 0 aliphatic rings. The van der Waals surface area contributed by atoms with Crippen LogP contribution < -0.4 is 11.1 Å². The third kappa shape index (κ3) is 2.71. The maximum absolute atomic E-state index is 12.3. The van der Waals surface area contributed by atoms with Gasteiger partial charge in [-0.05, 0) is 47.9 Å². The molecule has 0 radical (unpaired) electrons. The summed E-state index contributed by atoms with van der Waals surface area (Å²) in [6, 6.07) is 16.3. The van der Waals surface area contributed by atoms with Crippen LogP contribution >= 0.6 is 11.3 Å². The lowest BCUT2D eigenvalue weighted by atomic mass is 10.2. The number of carbonyl (C=O) groups is 1. The van der Waals surface area contributed by atoms with E-state index in [9.17, 15) is 4.79 Å². The first-order valence-corrected chi connectivity index (χ1v) is 7.08. The van der Waals surface area contributed by atoms with E-state index in [2.05, 4.69) is 5.32 Å². The van der Waals surface area contributed by atoms with Crippen molar-refractivity contribution >= 4 is 38.7 Å². The van der Waals surface area contributed by atoms with E-state index in [1.54, 1.807) is 24.3 Å². The third-order valence-electron chi connectivity index (χ3n) is 3.01. The SMILES string of the molecule is N#Cc1cccc(NC(=O)c2cc3cc(N)ccc3s2)c1. The molecule has 102 valence electrons. The molecular weight excluding hydrogens is 282 g/mol. The highest BCUT2D eigenvalue weighted by Crippen LogP contribution is 2.28. The standard InChI is InChI=1S/C16H11N3OS/c17-9-10-2-1-3-13(6-10)19-16(20)15-8-11-7-12(18)4-5-14(11)21-15/h1-8H,18H2,(H,19,20). The van der Waals surface area contributed by atoms with Crippen LogP contribution in [0.15, 0.2) is 48.5 Å². The average Bonchev–Trinajstić information content (AvgIpc) is 2.90. The van der Waals surface area contributed by atoms with Crippen molar-refractivity contribution in [2.75, 3.05) is 11.1 Å². The number of nitriles is 1. The van der Waals surface area contributed by atoms with Gasteiger partial charge in [-0.3, -0.25) is 4.79 Å². The summed E-state index contributed by atoms with van der Waals surface area (Å²) in [5, 5.41) is 12.6. The first kappa shape index (κ1) is 13.2. The van der Waals surface area contributed by atoms with Crippen molar-refractivity contribution in [3.63, 3.8) is 0 Å². The van der Waals surface area contributed by atoms with Crippen molar-refractivity contribution in [1.82, 2.24) is 0 Å². The topological polar surface area (TPSA) is 78.9 Å². The number of nitrogens with zero attached hydrogens (tertiary/aromatic N) is 1. The van der Waals surface area contributed by atoms with E-state index in [1.165, 1.54) is 11.3 Å². The summed E-state index contributed by atoms with van der Waals surface area (Å²) >= 11 is 1.41. The lowest BCUT2D eigenvalue weighted by Gasteiger charge is -2.03. The zero-order chi connectivity index (χ0) is 14.8. The van der Waals surface area contributed by atoms with E-state index in [0.717, 1.165) is 10.1 Å². The van der Waals surface area contributed by atoms with Crippen molar-refractivity contribution < 1.29 is 4.79 Å². The van der Waals surface area contributed by atoms with Gasteiger partial charge in [0.25, 0.3) is 5.91 Å². The van der Waals surface area contributed by atoms with Gasteiger partial charge in [0.1, 0.15) is 0 Å². The molecule has 0 saturated carbocycles. The van der Waals surface area contributed by atoms with E-state index in [4.69, 9.17) is 11.0 Å². The molecule has 0 atom stereocenters. The van der Waals surface area contributed by atoms with Crippen LogP contribution in [0.1, 0.15) is 15.2 Å². The number of anilines is 2. The second-order valence-corrected chi connectivity index (χ2v) is 5.64. The van der Waals surface area contributed by atoms with Gasteiger partial charge in [-0.1, -0.05) is 6.07 Å². The molecule has 0 unspecified atom stereocenters. The fraction of sp³-hybridized carbons (Fsp3) is 0. The molecule has 2 aromatic carbocycles. The molecule has 4 nitrogen and oxygen atoms in total. The highest BCUT2D eigenvalue weighted by Gasteiger charge is 2.11. The van der Waals surface area contributed by atoms with Crippen LogP contribution in [-0.2, 0) is 0 Å². The van der Waals surface area contributed by atoms with E-state index in [1.807, 2.05) is 30.3 Å². The molecule has 1 aromatic heterocycles. The van der Waals surface area contributed by atoms with Gasteiger partial charge in [0.05, 0.1) is 16.5 Å². The molecule has 3 N–H and O–H groups in total. The van der Waals surface area contributed by atoms with Gasteiger partial charge in [0.15, 0.2) is 0 Å². The van der Waals surface area contributed by atoms with Crippen LogP contribution in [0.25, 0.3) is 10.1 Å². The summed E-state index contributed by atoms with van der Waals surface area (Å²) < 4.78 is 1.01. The molecule has 5 heteroatoms. The van der Waals surface area contributed by atoms with Crippen molar-refractivity contribution in [1.29, 1.82) is 5.26 Å². The Bertz CT molecular complexity index is 877. The maximum atomic E-state index is 12.3. The molecule has 0 saturated heterocycles.